The molecule has 2 N–H and O–H groups in total. The van der Waals surface area contributed by atoms with Gasteiger partial charge >= 0.3 is 5.97 Å². The lowest BCUT2D eigenvalue weighted by atomic mass is 9.71. The van der Waals surface area contributed by atoms with Crippen molar-refractivity contribution >= 4 is 25.4 Å². The van der Waals surface area contributed by atoms with E-state index < -0.39 is 33.3 Å². The summed E-state index contributed by atoms with van der Waals surface area (Å²) in [5.74, 6) is 0.107. The molecule has 40 heavy (non-hydrogen) atoms. The molecule has 8 heteroatoms. The van der Waals surface area contributed by atoms with E-state index in [1.807, 2.05) is 42.5 Å². The van der Waals surface area contributed by atoms with Gasteiger partial charge in [0.05, 0.1) is 6.61 Å². The third kappa shape index (κ3) is 5.52. The molecule has 3 aromatic rings. The zero-order valence-corrected chi connectivity index (χ0v) is 24.2. The molecular formula is C32H36O7Si. The largest absolute Gasteiger partial charge is 0.479 e. The molecule has 1 heterocycles. The van der Waals surface area contributed by atoms with Crippen LogP contribution in [0.1, 0.15) is 27.2 Å². The van der Waals surface area contributed by atoms with Gasteiger partial charge in [0.1, 0.15) is 11.7 Å². The van der Waals surface area contributed by atoms with Gasteiger partial charge in [-0.3, -0.25) is 0 Å². The number of aliphatic hydroxyl groups is 1. The third-order valence-electron chi connectivity index (χ3n) is 7.67. The second kappa shape index (κ2) is 11.5. The molecule has 210 valence electrons. The van der Waals surface area contributed by atoms with Gasteiger partial charge in [0, 0.05) is 5.92 Å². The van der Waals surface area contributed by atoms with Crippen LogP contribution in [0.5, 0.6) is 17.2 Å². The van der Waals surface area contributed by atoms with E-state index in [2.05, 4.69) is 45.0 Å². The Morgan fingerprint density at radius 2 is 1.65 bits per heavy atom. The van der Waals surface area contributed by atoms with Crippen molar-refractivity contribution in [2.45, 2.75) is 45.0 Å². The summed E-state index contributed by atoms with van der Waals surface area (Å²) in [5.41, 5.74) is -1.12. The molecule has 0 aromatic heterocycles. The Hall–Kier alpha value is -3.59. The lowest BCUT2D eigenvalue weighted by Crippen LogP contribution is -2.60. The molecule has 1 aliphatic heterocycles. The summed E-state index contributed by atoms with van der Waals surface area (Å²) in [5, 5.41) is 21.3. The number of benzene rings is 3. The highest BCUT2D eigenvalue weighted by Gasteiger charge is 2.63. The Kier molecular flexibility index (Phi) is 8.03. The molecule has 0 amide bonds. The summed E-state index contributed by atoms with van der Waals surface area (Å²) in [6.45, 7) is 5.96. The normalized spacial score (nSPS) is 23.8. The van der Waals surface area contributed by atoms with Crippen molar-refractivity contribution in [1.82, 2.24) is 0 Å². The van der Waals surface area contributed by atoms with E-state index in [-0.39, 0.29) is 24.0 Å². The highest BCUT2D eigenvalue weighted by Crippen LogP contribution is 2.55. The molecule has 0 radical (unpaired) electrons. The molecule has 0 spiro atoms. The maximum absolute atomic E-state index is 11.2. The SMILES string of the molecule is CC(C)(C)[C@H]1C[C@@H]2Oc3c(OCC(=O)O)cccc3O[C@H]2[C@]1(C=CCO)O[SiH](c1ccccc1)c1ccccc1. The number of aliphatic hydroxyl groups excluding tert-OH is 1. The average Bonchev–Trinajstić information content (AvgIpc) is 3.27. The zero-order valence-electron chi connectivity index (χ0n) is 23.0. The Morgan fingerprint density at radius 3 is 2.23 bits per heavy atom. The van der Waals surface area contributed by atoms with Gasteiger partial charge in [-0.25, -0.2) is 4.79 Å². The molecule has 0 unspecified atom stereocenters. The van der Waals surface area contributed by atoms with E-state index in [9.17, 15) is 9.90 Å². The van der Waals surface area contributed by atoms with Crippen LogP contribution in [0.2, 0.25) is 0 Å². The number of fused-ring (bicyclic) bond motifs is 2. The topological polar surface area (TPSA) is 94.5 Å². The molecule has 0 bridgehead atoms. The fourth-order valence-electron chi connectivity index (χ4n) is 6.01. The van der Waals surface area contributed by atoms with Crippen LogP contribution < -0.4 is 24.6 Å². The number of ether oxygens (including phenoxy) is 3. The van der Waals surface area contributed by atoms with E-state index in [1.165, 1.54) is 0 Å². The van der Waals surface area contributed by atoms with Crippen molar-refractivity contribution in [3.05, 3.63) is 91.0 Å². The molecule has 4 atom stereocenters. The monoisotopic (exact) mass is 560 g/mol. The number of hydrogen-bond donors (Lipinski definition) is 2. The molecule has 0 saturated heterocycles. The van der Waals surface area contributed by atoms with Crippen LogP contribution in [0, 0.1) is 11.3 Å². The van der Waals surface area contributed by atoms with Crippen LogP contribution in [0.25, 0.3) is 0 Å². The van der Waals surface area contributed by atoms with Gasteiger partial charge < -0.3 is 28.8 Å². The van der Waals surface area contributed by atoms with Gasteiger partial charge in [0.15, 0.2) is 24.2 Å². The van der Waals surface area contributed by atoms with Crippen LogP contribution in [0.4, 0.5) is 0 Å². The first-order valence-electron chi connectivity index (χ1n) is 13.6. The average molecular weight is 561 g/mol. The number of carboxylic acids is 1. The number of hydrogen-bond acceptors (Lipinski definition) is 6. The Balaban J connectivity index is 1.62. The Labute approximate surface area is 236 Å². The first kappa shape index (κ1) is 28.0. The highest BCUT2D eigenvalue weighted by molar-refractivity contribution is 6.80. The summed E-state index contributed by atoms with van der Waals surface area (Å²) in [6.07, 6.45) is 3.48. The maximum atomic E-state index is 11.2. The third-order valence-corrected chi connectivity index (χ3v) is 10.3. The van der Waals surface area contributed by atoms with Crippen LogP contribution >= 0.6 is 0 Å². The molecule has 5 rings (SSSR count). The molecule has 1 fully saturated rings. The van der Waals surface area contributed by atoms with Crippen molar-refractivity contribution in [2.75, 3.05) is 13.2 Å². The second-order valence-electron chi connectivity index (χ2n) is 11.4. The van der Waals surface area contributed by atoms with Gasteiger partial charge in [-0.2, -0.15) is 0 Å². The smallest absolute Gasteiger partial charge is 0.341 e. The molecule has 2 aliphatic rings. The quantitative estimate of drug-likeness (QED) is 0.305. The van der Waals surface area contributed by atoms with E-state index in [0.717, 1.165) is 10.4 Å². The van der Waals surface area contributed by atoms with Gasteiger partial charge in [0.2, 0.25) is 14.8 Å². The van der Waals surface area contributed by atoms with Crippen LogP contribution in [0.3, 0.4) is 0 Å². The zero-order chi connectivity index (χ0) is 28.3. The summed E-state index contributed by atoms with van der Waals surface area (Å²) < 4.78 is 26.3. The minimum Gasteiger partial charge on any atom is -0.479 e. The number of carbonyl (C=O) groups is 1. The first-order valence-corrected chi connectivity index (χ1v) is 15.2. The molecule has 1 saturated carbocycles. The van der Waals surface area contributed by atoms with Crippen LogP contribution in [-0.4, -0.2) is 56.2 Å². The van der Waals surface area contributed by atoms with Crippen molar-refractivity contribution in [3.63, 3.8) is 0 Å². The summed E-state index contributed by atoms with van der Waals surface area (Å²) >= 11 is 0. The molecule has 1 aliphatic carbocycles. The fourth-order valence-corrected chi connectivity index (χ4v) is 8.59. The van der Waals surface area contributed by atoms with E-state index in [1.54, 1.807) is 24.3 Å². The van der Waals surface area contributed by atoms with Crippen LogP contribution in [0.15, 0.2) is 91.0 Å². The molecule has 7 nitrogen and oxygen atoms in total. The fraction of sp³-hybridized carbons (Fsp3) is 0.344. The number of rotatable bonds is 9. The van der Waals surface area contributed by atoms with Crippen LogP contribution in [-0.2, 0) is 9.22 Å². The predicted octanol–water partition coefficient (Wildman–Crippen LogP) is 3.57. The second-order valence-corrected chi connectivity index (χ2v) is 13.7. The van der Waals surface area contributed by atoms with Gasteiger partial charge in [-0.1, -0.05) is 99.7 Å². The minimum absolute atomic E-state index is 0.0297. The summed E-state index contributed by atoms with van der Waals surface area (Å²) in [7, 11) is -2.27. The van der Waals surface area contributed by atoms with Gasteiger partial charge in [0.25, 0.3) is 0 Å². The van der Waals surface area contributed by atoms with Gasteiger partial charge in [-0.05, 0) is 34.3 Å². The maximum Gasteiger partial charge on any atom is 0.341 e. The van der Waals surface area contributed by atoms with E-state index in [4.69, 9.17) is 23.7 Å². The standard InChI is InChI=1S/C32H36O7Si/c1-31(2,3)27-20-26-30(38-25-17-10-16-24(29(25)37-26)36-21-28(34)35)32(27,18-11-19-33)39-40(22-12-6-4-7-13-22)23-14-8-5-9-15-23/h4-18,26-27,30,33,40H,19-21H2,1-3H3,(H,34,35)/t26-,27+,30+,32+/m0/s1. The number of para-hydroxylation sites is 1. The lowest BCUT2D eigenvalue weighted by molar-refractivity contribution is -0.139. The van der Waals surface area contributed by atoms with Crippen molar-refractivity contribution in [2.24, 2.45) is 11.3 Å². The Morgan fingerprint density at radius 1 is 1.00 bits per heavy atom. The summed E-state index contributed by atoms with van der Waals surface area (Å²) in [6, 6.07) is 25.8. The van der Waals surface area contributed by atoms with Gasteiger partial charge in [-0.15, -0.1) is 0 Å². The number of carboxylic acid groups (broad SMARTS) is 1. The molecular weight excluding hydrogens is 524 g/mol. The Bertz CT molecular complexity index is 1300. The highest BCUT2D eigenvalue weighted by atomic mass is 28.3. The molecule has 3 aromatic carbocycles. The first-order chi connectivity index (χ1) is 19.2. The summed E-state index contributed by atoms with van der Waals surface area (Å²) in [4.78, 5) is 11.2. The van der Waals surface area contributed by atoms with E-state index >= 15 is 0 Å². The number of aliphatic carboxylic acids is 1. The lowest BCUT2D eigenvalue weighted by Gasteiger charge is -2.46. The van der Waals surface area contributed by atoms with Crippen molar-refractivity contribution in [3.8, 4) is 17.2 Å². The van der Waals surface area contributed by atoms with Crippen molar-refractivity contribution < 1.29 is 33.6 Å². The van der Waals surface area contributed by atoms with Crippen molar-refractivity contribution in [1.29, 1.82) is 0 Å². The van der Waals surface area contributed by atoms with E-state index in [0.29, 0.717) is 23.7 Å². The minimum atomic E-state index is -2.27. The predicted molar refractivity (Wildman–Crippen MR) is 155 cm³/mol.